The molecule has 0 amide bonds. The maximum absolute atomic E-state index is 5.98. The van der Waals surface area contributed by atoms with E-state index in [0.29, 0.717) is 0 Å². The smallest absolute Gasteiger partial charge is 0.0651 e. The Balaban J connectivity index is 3.91. The fraction of sp³-hybridized carbons (Fsp3) is 1.00. The van der Waals surface area contributed by atoms with Gasteiger partial charge in [0.25, 0.3) is 0 Å². The summed E-state index contributed by atoms with van der Waals surface area (Å²) < 4.78 is 11.3. The average Bonchev–Trinajstić information content (AvgIpc) is 2.18. The van der Waals surface area contributed by atoms with Gasteiger partial charge < -0.3 is 9.47 Å². The van der Waals surface area contributed by atoms with E-state index >= 15 is 0 Å². The van der Waals surface area contributed by atoms with Crippen LogP contribution in [0.3, 0.4) is 0 Å². The zero-order chi connectivity index (χ0) is 11.9. The lowest BCUT2D eigenvalue weighted by molar-refractivity contribution is -0.0718. The van der Waals surface area contributed by atoms with Gasteiger partial charge in [0.2, 0.25) is 0 Å². The monoisotopic (exact) mass is 216 g/mol. The molecule has 0 aromatic carbocycles. The molecule has 2 heteroatoms. The molecule has 0 bridgehead atoms. The lowest BCUT2D eigenvalue weighted by Gasteiger charge is -2.31. The third-order valence-electron chi connectivity index (χ3n) is 3.23. The van der Waals surface area contributed by atoms with E-state index in [1.807, 2.05) is 0 Å². The van der Waals surface area contributed by atoms with Gasteiger partial charge in [0, 0.05) is 7.11 Å². The molecule has 0 rings (SSSR count). The molecule has 0 radical (unpaired) electrons. The molecule has 15 heavy (non-hydrogen) atoms. The van der Waals surface area contributed by atoms with Crippen LogP contribution in [0.2, 0.25) is 0 Å². The van der Waals surface area contributed by atoms with Gasteiger partial charge in [-0.3, -0.25) is 0 Å². The Hall–Kier alpha value is -0.0800. The van der Waals surface area contributed by atoms with Crippen molar-refractivity contribution in [2.24, 2.45) is 0 Å². The Labute approximate surface area is 95.3 Å². The van der Waals surface area contributed by atoms with Crippen molar-refractivity contribution in [3.05, 3.63) is 0 Å². The third-order valence-corrected chi connectivity index (χ3v) is 3.23. The van der Waals surface area contributed by atoms with Crippen LogP contribution < -0.4 is 0 Å². The van der Waals surface area contributed by atoms with Gasteiger partial charge in [-0.05, 0) is 40.0 Å². The molecule has 0 aromatic heterocycles. The normalized spacial score (nSPS) is 16.4. The van der Waals surface area contributed by atoms with Crippen LogP contribution >= 0.6 is 0 Å². The fourth-order valence-corrected chi connectivity index (χ4v) is 1.53. The molecule has 0 aromatic rings. The van der Waals surface area contributed by atoms with E-state index in [4.69, 9.17) is 9.47 Å². The highest BCUT2D eigenvalue weighted by atomic mass is 16.5. The van der Waals surface area contributed by atoms with Gasteiger partial charge in [0.05, 0.1) is 17.8 Å². The van der Waals surface area contributed by atoms with Crippen molar-refractivity contribution in [2.45, 2.75) is 71.5 Å². The Kier molecular flexibility index (Phi) is 6.46. The molecule has 1 unspecified atom stereocenters. The summed E-state index contributed by atoms with van der Waals surface area (Å²) in [7, 11) is 1.76. The number of hydrogen-bond donors (Lipinski definition) is 0. The highest BCUT2D eigenvalue weighted by Crippen LogP contribution is 2.23. The molecule has 0 aliphatic heterocycles. The average molecular weight is 216 g/mol. The maximum atomic E-state index is 5.98. The van der Waals surface area contributed by atoms with Gasteiger partial charge in [-0.25, -0.2) is 0 Å². The van der Waals surface area contributed by atoms with Crippen LogP contribution in [0.15, 0.2) is 0 Å². The minimum absolute atomic E-state index is 0.0541. The fourth-order valence-electron chi connectivity index (χ4n) is 1.53. The van der Waals surface area contributed by atoms with Crippen molar-refractivity contribution in [2.75, 3.05) is 13.7 Å². The van der Waals surface area contributed by atoms with E-state index in [0.717, 1.165) is 25.9 Å². The summed E-state index contributed by atoms with van der Waals surface area (Å²) in [5, 5.41) is 0. The summed E-state index contributed by atoms with van der Waals surface area (Å²) in [6, 6.07) is 0. The first kappa shape index (κ1) is 14.9. The minimum atomic E-state index is -0.0686. The molecule has 0 aliphatic rings. The van der Waals surface area contributed by atoms with E-state index in [2.05, 4.69) is 34.6 Å². The van der Waals surface area contributed by atoms with Crippen LogP contribution in [0.5, 0.6) is 0 Å². The van der Waals surface area contributed by atoms with Gasteiger partial charge in [0.15, 0.2) is 0 Å². The first-order valence-corrected chi connectivity index (χ1v) is 6.08. The summed E-state index contributed by atoms with van der Waals surface area (Å²) in [5.74, 6) is 0. The molecule has 0 aliphatic carbocycles. The SMILES string of the molecule is CCCC(C)(CC)OCCC(C)(C)OC. The largest absolute Gasteiger partial charge is 0.379 e. The summed E-state index contributed by atoms with van der Waals surface area (Å²) in [5.41, 5.74) is -0.0144. The van der Waals surface area contributed by atoms with Crippen molar-refractivity contribution in [3.8, 4) is 0 Å². The predicted octanol–water partition coefficient (Wildman–Crippen LogP) is 3.79. The quantitative estimate of drug-likeness (QED) is 0.614. The van der Waals surface area contributed by atoms with Crippen LogP contribution in [-0.2, 0) is 9.47 Å². The van der Waals surface area contributed by atoms with E-state index in [1.165, 1.54) is 6.42 Å². The highest BCUT2D eigenvalue weighted by molar-refractivity contribution is 4.74. The third kappa shape index (κ3) is 6.16. The van der Waals surface area contributed by atoms with Crippen LogP contribution in [0.1, 0.15) is 60.3 Å². The van der Waals surface area contributed by atoms with Crippen LogP contribution in [0, 0.1) is 0 Å². The van der Waals surface area contributed by atoms with E-state index in [9.17, 15) is 0 Å². The number of ether oxygens (including phenoxy) is 2. The second kappa shape index (κ2) is 6.49. The Morgan fingerprint density at radius 1 is 1.00 bits per heavy atom. The predicted molar refractivity (Wildman–Crippen MR) is 65.3 cm³/mol. The van der Waals surface area contributed by atoms with Crippen molar-refractivity contribution in [3.63, 3.8) is 0 Å². The van der Waals surface area contributed by atoms with Gasteiger partial charge in [-0.15, -0.1) is 0 Å². The van der Waals surface area contributed by atoms with Crippen LogP contribution in [-0.4, -0.2) is 24.9 Å². The maximum Gasteiger partial charge on any atom is 0.0651 e. The van der Waals surface area contributed by atoms with Crippen molar-refractivity contribution in [1.29, 1.82) is 0 Å². The summed E-state index contributed by atoms with van der Waals surface area (Å²) in [4.78, 5) is 0. The lowest BCUT2D eigenvalue weighted by atomic mass is 9.97. The van der Waals surface area contributed by atoms with Gasteiger partial charge in [0.1, 0.15) is 0 Å². The van der Waals surface area contributed by atoms with Crippen molar-refractivity contribution < 1.29 is 9.47 Å². The molecule has 2 nitrogen and oxygen atoms in total. The molecular formula is C13H28O2. The van der Waals surface area contributed by atoms with Crippen molar-refractivity contribution in [1.82, 2.24) is 0 Å². The molecule has 0 heterocycles. The molecule has 0 N–H and O–H groups in total. The number of methoxy groups -OCH3 is 1. The van der Waals surface area contributed by atoms with E-state index in [-0.39, 0.29) is 11.2 Å². The van der Waals surface area contributed by atoms with Gasteiger partial charge >= 0.3 is 0 Å². The number of rotatable bonds is 8. The zero-order valence-electron chi connectivity index (χ0n) is 11.4. The second-order valence-electron chi connectivity index (χ2n) is 5.12. The molecule has 1 atom stereocenters. The Bertz CT molecular complexity index is 166. The van der Waals surface area contributed by atoms with E-state index < -0.39 is 0 Å². The lowest BCUT2D eigenvalue weighted by Crippen LogP contribution is -2.31. The van der Waals surface area contributed by atoms with Crippen LogP contribution in [0.4, 0.5) is 0 Å². The first-order chi connectivity index (χ1) is 6.89. The Morgan fingerprint density at radius 3 is 2.00 bits per heavy atom. The Morgan fingerprint density at radius 2 is 1.60 bits per heavy atom. The zero-order valence-corrected chi connectivity index (χ0v) is 11.4. The molecule has 92 valence electrons. The summed E-state index contributed by atoms with van der Waals surface area (Å²) in [6.45, 7) is 11.6. The van der Waals surface area contributed by atoms with Crippen LogP contribution in [0.25, 0.3) is 0 Å². The molecule has 0 fully saturated rings. The summed E-state index contributed by atoms with van der Waals surface area (Å²) >= 11 is 0. The topological polar surface area (TPSA) is 18.5 Å². The van der Waals surface area contributed by atoms with Crippen molar-refractivity contribution >= 4 is 0 Å². The first-order valence-electron chi connectivity index (χ1n) is 6.08. The highest BCUT2D eigenvalue weighted by Gasteiger charge is 2.23. The molecule has 0 spiro atoms. The van der Waals surface area contributed by atoms with E-state index in [1.54, 1.807) is 7.11 Å². The molecular weight excluding hydrogens is 188 g/mol. The molecule has 0 saturated carbocycles. The number of hydrogen-bond acceptors (Lipinski definition) is 2. The minimum Gasteiger partial charge on any atom is -0.379 e. The second-order valence-corrected chi connectivity index (χ2v) is 5.12. The van der Waals surface area contributed by atoms with Gasteiger partial charge in [-0.1, -0.05) is 20.3 Å². The van der Waals surface area contributed by atoms with Gasteiger partial charge in [-0.2, -0.15) is 0 Å². The summed E-state index contributed by atoms with van der Waals surface area (Å²) in [6.07, 6.45) is 4.34. The molecule has 0 saturated heterocycles. The standard InChI is InChI=1S/C13H28O2/c1-7-9-13(5,8-2)15-11-10-12(3,4)14-6/h7-11H2,1-6H3.